The molecule has 1 saturated heterocycles. The van der Waals surface area contributed by atoms with E-state index < -0.39 is 20.3 Å². The number of rotatable bonds is 2. The normalized spacial score (nSPS) is 22.0. The molecular formula is C13H16Cl2Zr. The fourth-order valence-electron chi connectivity index (χ4n) is 2.98. The monoisotopic (exact) mass is 332 g/mol. The number of halogens is 2. The first-order chi connectivity index (χ1) is 6.92. The Balaban J connectivity index is 0.000000640. The van der Waals surface area contributed by atoms with Crippen molar-refractivity contribution < 1.29 is 45.1 Å². The summed E-state index contributed by atoms with van der Waals surface area (Å²) in [6, 6.07) is 0. The SMILES string of the molecule is C1=CC[C]([Zr+2]2([C]3=CC=CC3)[CH2]C[CH2]2)=C1.[Cl-].[Cl-]. The van der Waals surface area contributed by atoms with E-state index >= 15 is 0 Å². The van der Waals surface area contributed by atoms with Crippen molar-refractivity contribution in [3.8, 4) is 0 Å². The van der Waals surface area contributed by atoms with Crippen LogP contribution in [0.4, 0.5) is 0 Å². The van der Waals surface area contributed by atoms with E-state index in [1.54, 1.807) is 8.26 Å². The van der Waals surface area contributed by atoms with Crippen LogP contribution in [0.5, 0.6) is 0 Å². The van der Waals surface area contributed by atoms with Gasteiger partial charge in [0, 0.05) is 0 Å². The third-order valence-electron chi connectivity index (χ3n) is 3.98. The zero-order valence-corrected chi connectivity index (χ0v) is 13.2. The predicted octanol–water partition coefficient (Wildman–Crippen LogP) is -1.92. The van der Waals surface area contributed by atoms with Crippen molar-refractivity contribution >= 4 is 0 Å². The van der Waals surface area contributed by atoms with E-state index in [-0.39, 0.29) is 24.8 Å². The average molecular weight is 334 g/mol. The van der Waals surface area contributed by atoms with E-state index in [0.29, 0.717) is 0 Å². The molecular weight excluding hydrogens is 318 g/mol. The van der Waals surface area contributed by atoms with Gasteiger partial charge < -0.3 is 24.8 Å². The molecule has 0 aromatic rings. The summed E-state index contributed by atoms with van der Waals surface area (Å²) in [5.74, 6) is 0. The zero-order chi connectivity index (χ0) is 9.43. The maximum atomic E-state index is 2.44. The molecule has 0 atom stereocenters. The van der Waals surface area contributed by atoms with Gasteiger partial charge in [-0.1, -0.05) is 0 Å². The molecule has 3 rings (SSSR count). The number of hydrogen-bond donors (Lipinski definition) is 0. The molecule has 0 bridgehead atoms. The minimum absolute atomic E-state index is 0. The Labute approximate surface area is 115 Å². The summed E-state index contributed by atoms with van der Waals surface area (Å²) in [5.41, 5.74) is 0. The van der Waals surface area contributed by atoms with E-state index in [9.17, 15) is 0 Å². The molecule has 0 amide bonds. The Morgan fingerprint density at radius 3 is 1.56 bits per heavy atom. The third-order valence-corrected chi connectivity index (χ3v) is 17.8. The quantitative estimate of drug-likeness (QED) is 0.552. The van der Waals surface area contributed by atoms with Crippen molar-refractivity contribution in [3.63, 3.8) is 0 Å². The van der Waals surface area contributed by atoms with Gasteiger partial charge >= 0.3 is 90.8 Å². The van der Waals surface area contributed by atoms with Gasteiger partial charge in [0.2, 0.25) is 0 Å². The standard InChI is InChI=1S/2C5H5.C3H6.2ClH.Zr/c2*1-2-4-5-3-1;1-3-2;;;/h2*1-3H,4H2;1-3H2;2*1H;/q;;;;;+2/p-2. The Morgan fingerprint density at radius 2 is 1.31 bits per heavy atom. The van der Waals surface area contributed by atoms with Gasteiger partial charge in [0.25, 0.3) is 0 Å². The molecule has 0 aromatic heterocycles. The fourth-order valence-corrected chi connectivity index (χ4v) is 14.3. The van der Waals surface area contributed by atoms with E-state index in [1.807, 2.05) is 6.56 Å². The van der Waals surface area contributed by atoms with Gasteiger partial charge in [-0.3, -0.25) is 0 Å². The van der Waals surface area contributed by atoms with Gasteiger partial charge in [-0.2, -0.15) is 0 Å². The van der Waals surface area contributed by atoms with E-state index in [1.165, 1.54) is 19.3 Å². The van der Waals surface area contributed by atoms with Crippen molar-refractivity contribution in [2.75, 3.05) is 0 Å². The van der Waals surface area contributed by atoms with E-state index in [0.717, 1.165) is 0 Å². The third kappa shape index (κ3) is 2.19. The van der Waals surface area contributed by atoms with Gasteiger partial charge in [-0.15, -0.1) is 0 Å². The molecule has 0 spiro atoms. The molecule has 0 N–H and O–H groups in total. The molecule has 2 aliphatic carbocycles. The summed E-state index contributed by atoms with van der Waals surface area (Å²) in [5, 5.41) is 0. The van der Waals surface area contributed by atoms with E-state index in [2.05, 4.69) is 36.5 Å². The van der Waals surface area contributed by atoms with Crippen LogP contribution in [0.15, 0.2) is 43.0 Å². The van der Waals surface area contributed by atoms with Crippen LogP contribution in [0.3, 0.4) is 0 Å². The fraction of sp³-hybridized carbons (Fsp3) is 0.385. The maximum absolute atomic E-state index is 2.44. The van der Waals surface area contributed by atoms with Crippen LogP contribution in [0, 0.1) is 0 Å². The summed E-state index contributed by atoms with van der Waals surface area (Å²) < 4.78 is 6.94. The van der Waals surface area contributed by atoms with Gasteiger partial charge in [0.05, 0.1) is 0 Å². The minimum atomic E-state index is -1.88. The summed E-state index contributed by atoms with van der Waals surface area (Å²) in [7, 11) is 0. The topological polar surface area (TPSA) is 0 Å². The molecule has 3 heteroatoms. The minimum Gasteiger partial charge on any atom is -1.00 e. The summed E-state index contributed by atoms with van der Waals surface area (Å²) in [6.07, 6.45) is 18.2. The molecule has 0 unspecified atom stereocenters. The van der Waals surface area contributed by atoms with Gasteiger partial charge in [-0.05, 0) is 0 Å². The Kier molecular flexibility index (Phi) is 5.29. The van der Waals surface area contributed by atoms with E-state index in [4.69, 9.17) is 0 Å². The number of allylic oxidation sites excluding steroid dienone is 8. The maximum Gasteiger partial charge on any atom is -1.00 e. The number of hydrogen-bond acceptors (Lipinski definition) is 0. The smallest absolute Gasteiger partial charge is 1.00 e. The van der Waals surface area contributed by atoms with Gasteiger partial charge in [0.1, 0.15) is 0 Å². The second-order valence-electron chi connectivity index (χ2n) is 4.58. The second kappa shape index (κ2) is 5.85. The molecule has 16 heavy (non-hydrogen) atoms. The van der Waals surface area contributed by atoms with Crippen LogP contribution >= 0.6 is 0 Å². The van der Waals surface area contributed by atoms with Crippen molar-refractivity contribution in [1.29, 1.82) is 0 Å². The second-order valence-corrected chi connectivity index (χ2v) is 15.5. The average Bonchev–Trinajstić information content (AvgIpc) is 2.71. The van der Waals surface area contributed by atoms with Crippen molar-refractivity contribution in [1.82, 2.24) is 0 Å². The Hall–Kier alpha value is 0.423. The molecule has 1 heterocycles. The van der Waals surface area contributed by atoms with Crippen molar-refractivity contribution in [3.05, 3.63) is 43.0 Å². The van der Waals surface area contributed by atoms with Gasteiger partial charge in [-0.25, -0.2) is 0 Å². The van der Waals surface area contributed by atoms with Crippen LogP contribution in [0.1, 0.15) is 19.3 Å². The van der Waals surface area contributed by atoms with Crippen molar-refractivity contribution in [2.45, 2.75) is 27.5 Å². The largest absolute Gasteiger partial charge is 1.00 e. The zero-order valence-electron chi connectivity index (χ0n) is 9.26. The summed E-state index contributed by atoms with van der Waals surface area (Å²) in [4.78, 5) is 0. The predicted molar refractivity (Wildman–Crippen MR) is 57.9 cm³/mol. The molecule has 86 valence electrons. The molecule has 3 aliphatic rings. The molecule has 0 aromatic carbocycles. The van der Waals surface area contributed by atoms with Crippen molar-refractivity contribution in [2.24, 2.45) is 0 Å². The van der Waals surface area contributed by atoms with Crippen LogP contribution in [0.25, 0.3) is 0 Å². The Morgan fingerprint density at radius 1 is 0.812 bits per heavy atom. The molecule has 0 saturated carbocycles. The molecule has 0 radical (unpaired) electrons. The first kappa shape index (κ1) is 14.5. The van der Waals surface area contributed by atoms with Crippen LogP contribution in [-0.4, -0.2) is 0 Å². The van der Waals surface area contributed by atoms with Gasteiger partial charge in [0.15, 0.2) is 0 Å². The molecule has 1 aliphatic heterocycles. The van der Waals surface area contributed by atoms with Crippen LogP contribution in [-0.2, 0) is 20.3 Å². The first-order valence-electron chi connectivity index (χ1n) is 5.64. The summed E-state index contributed by atoms with van der Waals surface area (Å²) in [6.45, 7) is 0. The first-order valence-corrected chi connectivity index (χ1v) is 11.6. The van der Waals surface area contributed by atoms with Crippen LogP contribution in [0.2, 0.25) is 8.26 Å². The Bertz CT molecular complexity index is 341. The molecule has 1 fully saturated rings. The van der Waals surface area contributed by atoms with Crippen LogP contribution < -0.4 is 24.8 Å². The molecule has 0 nitrogen and oxygen atoms in total. The summed E-state index contributed by atoms with van der Waals surface area (Å²) >= 11 is -1.88.